The maximum Gasteiger partial charge on any atom is 0.0720 e. The molecular formula is C74H48N2. The molecule has 1 heterocycles. The smallest absolute Gasteiger partial charge is 0.0720 e. The number of aromatic nitrogens is 1. The van der Waals surface area contributed by atoms with Gasteiger partial charge in [-0.2, -0.15) is 0 Å². The molecule has 0 radical (unpaired) electrons. The first-order chi connectivity index (χ1) is 37.7. The highest BCUT2D eigenvalue weighted by Crippen LogP contribution is 2.68. The summed E-state index contributed by atoms with van der Waals surface area (Å²) in [5.74, 6) is 0. The molecule has 3 aliphatic rings. The fourth-order valence-corrected chi connectivity index (χ4v) is 14.3. The monoisotopic (exact) mass is 964 g/mol. The van der Waals surface area contributed by atoms with Crippen LogP contribution in [-0.4, -0.2) is 4.57 Å². The summed E-state index contributed by atoms with van der Waals surface area (Å²) < 4.78 is 2.42. The molecule has 0 unspecified atom stereocenters. The molecule has 3 aliphatic carbocycles. The van der Waals surface area contributed by atoms with E-state index in [1.807, 2.05) is 0 Å². The van der Waals surface area contributed by atoms with Gasteiger partial charge in [-0.15, -0.1) is 0 Å². The molecule has 0 amide bonds. The van der Waals surface area contributed by atoms with Crippen LogP contribution in [0.25, 0.3) is 72.0 Å². The van der Waals surface area contributed by atoms with Gasteiger partial charge in [0.05, 0.1) is 27.6 Å². The Morgan fingerprint density at radius 3 is 1.38 bits per heavy atom. The zero-order valence-electron chi connectivity index (χ0n) is 41.6. The number of anilines is 3. The zero-order valence-corrected chi connectivity index (χ0v) is 41.6. The number of para-hydroxylation sites is 3. The lowest BCUT2D eigenvalue weighted by molar-refractivity contribution is 0.633. The summed E-state index contributed by atoms with van der Waals surface area (Å²) in [5.41, 5.74) is 26.3. The van der Waals surface area contributed by atoms with Crippen molar-refractivity contribution in [3.8, 4) is 50.2 Å². The van der Waals surface area contributed by atoms with E-state index in [2.05, 4.69) is 301 Å². The topological polar surface area (TPSA) is 8.17 Å². The summed E-state index contributed by atoms with van der Waals surface area (Å²) in [6.45, 7) is 0. The quantitative estimate of drug-likeness (QED) is 0.161. The van der Waals surface area contributed by atoms with Gasteiger partial charge in [-0.05, 0) is 132 Å². The maximum atomic E-state index is 2.47. The highest BCUT2D eigenvalue weighted by atomic mass is 15.1. The van der Waals surface area contributed by atoms with Crippen molar-refractivity contribution < 1.29 is 0 Å². The van der Waals surface area contributed by atoms with Crippen LogP contribution in [0.2, 0.25) is 0 Å². The van der Waals surface area contributed by atoms with Gasteiger partial charge < -0.3 is 9.47 Å². The molecule has 0 fully saturated rings. The van der Waals surface area contributed by atoms with Gasteiger partial charge in [0, 0.05) is 33.4 Å². The normalized spacial score (nSPS) is 13.7. The summed E-state index contributed by atoms with van der Waals surface area (Å²) in [5, 5.41) is 2.46. The van der Waals surface area contributed by atoms with Crippen molar-refractivity contribution in [1.82, 2.24) is 4.57 Å². The third-order valence-electron chi connectivity index (χ3n) is 17.1. The van der Waals surface area contributed by atoms with Crippen LogP contribution < -0.4 is 4.90 Å². The lowest BCUT2D eigenvalue weighted by Gasteiger charge is -2.48. The molecule has 2 nitrogen and oxygen atoms in total. The highest BCUT2D eigenvalue weighted by Gasteiger charge is 2.59. The molecule has 76 heavy (non-hydrogen) atoms. The van der Waals surface area contributed by atoms with Gasteiger partial charge in [-0.3, -0.25) is 0 Å². The van der Waals surface area contributed by atoms with E-state index in [-0.39, 0.29) is 0 Å². The molecule has 1 aromatic heterocycles. The van der Waals surface area contributed by atoms with E-state index in [0.717, 1.165) is 39.4 Å². The van der Waals surface area contributed by atoms with Gasteiger partial charge in [0.15, 0.2) is 0 Å². The molecule has 0 atom stereocenters. The molecule has 0 aliphatic heterocycles. The Morgan fingerprint density at radius 1 is 0.263 bits per heavy atom. The lowest BCUT2D eigenvalue weighted by Crippen LogP contribution is -2.43. The standard InChI is InChI=1S/C74H48N2/c1-3-23-49(24-4-1)54-29-10-19-43-69(54)75(53-45-46-59-58-32-11-20-44-70(58)76(71(59)48-53)51-26-5-2-6-27-51)52-28-21-25-50(47-52)55-34-22-42-68-72(55)60-33-9-14-37-63(60)74(68)66-40-17-15-38-64(66)73(65-39-16-18-41-67(65)74)61-35-12-7-30-56(61)57-31-8-13-36-62(57)73/h1-48H. The van der Waals surface area contributed by atoms with E-state index in [4.69, 9.17) is 0 Å². The van der Waals surface area contributed by atoms with Gasteiger partial charge in [0.2, 0.25) is 0 Å². The summed E-state index contributed by atoms with van der Waals surface area (Å²) in [6, 6.07) is 109. The van der Waals surface area contributed by atoms with Crippen molar-refractivity contribution in [1.29, 1.82) is 0 Å². The van der Waals surface area contributed by atoms with Gasteiger partial charge in [-0.25, -0.2) is 0 Å². The number of nitrogens with zero attached hydrogens (tertiary/aromatic N) is 2. The Balaban J connectivity index is 0.935. The summed E-state index contributed by atoms with van der Waals surface area (Å²) in [6.07, 6.45) is 0. The first-order valence-electron chi connectivity index (χ1n) is 26.5. The average Bonchev–Trinajstić information content (AvgIpc) is 4.04. The molecule has 0 N–H and O–H groups in total. The van der Waals surface area contributed by atoms with Crippen LogP contribution in [0.1, 0.15) is 44.5 Å². The zero-order chi connectivity index (χ0) is 50.0. The summed E-state index contributed by atoms with van der Waals surface area (Å²) >= 11 is 0. The van der Waals surface area contributed by atoms with Crippen molar-refractivity contribution in [2.45, 2.75) is 10.8 Å². The fraction of sp³-hybridized carbons (Fsp3) is 0.0270. The lowest BCUT2D eigenvalue weighted by atomic mass is 9.52. The summed E-state index contributed by atoms with van der Waals surface area (Å²) in [4.78, 5) is 2.47. The molecule has 13 aromatic rings. The van der Waals surface area contributed by atoms with E-state index in [1.165, 1.54) is 94.2 Å². The van der Waals surface area contributed by atoms with E-state index in [1.54, 1.807) is 0 Å². The van der Waals surface area contributed by atoms with Gasteiger partial charge in [0.1, 0.15) is 0 Å². The molecule has 12 aromatic carbocycles. The third-order valence-corrected chi connectivity index (χ3v) is 17.1. The molecule has 0 bridgehead atoms. The Hall–Kier alpha value is -9.76. The largest absolute Gasteiger partial charge is 0.310 e. The second-order valence-electron chi connectivity index (χ2n) is 20.6. The first kappa shape index (κ1) is 42.7. The van der Waals surface area contributed by atoms with Crippen molar-refractivity contribution in [3.63, 3.8) is 0 Å². The fourth-order valence-electron chi connectivity index (χ4n) is 14.3. The number of fused-ring (bicyclic) bond motifs is 19. The predicted molar refractivity (Wildman–Crippen MR) is 315 cm³/mol. The minimum atomic E-state index is -0.586. The van der Waals surface area contributed by atoms with Gasteiger partial charge >= 0.3 is 0 Å². The third kappa shape index (κ3) is 5.70. The maximum absolute atomic E-state index is 2.47. The molecular weight excluding hydrogens is 917 g/mol. The van der Waals surface area contributed by atoms with E-state index in [0.29, 0.717) is 0 Å². The van der Waals surface area contributed by atoms with Crippen molar-refractivity contribution in [2.24, 2.45) is 0 Å². The van der Waals surface area contributed by atoms with Gasteiger partial charge in [0.25, 0.3) is 0 Å². The minimum absolute atomic E-state index is 0.493. The van der Waals surface area contributed by atoms with E-state index >= 15 is 0 Å². The molecule has 354 valence electrons. The molecule has 2 heteroatoms. The number of benzene rings is 12. The van der Waals surface area contributed by atoms with Crippen molar-refractivity contribution >= 4 is 38.9 Å². The second-order valence-corrected chi connectivity index (χ2v) is 20.6. The second kappa shape index (κ2) is 16.4. The predicted octanol–water partition coefficient (Wildman–Crippen LogP) is 18.6. The van der Waals surface area contributed by atoms with Crippen LogP contribution in [0.5, 0.6) is 0 Å². The minimum Gasteiger partial charge on any atom is -0.310 e. The number of hydrogen-bond acceptors (Lipinski definition) is 1. The number of hydrogen-bond donors (Lipinski definition) is 0. The van der Waals surface area contributed by atoms with Crippen LogP contribution in [0.3, 0.4) is 0 Å². The summed E-state index contributed by atoms with van der Waals surface area (Å²) in [7, 11) is 0. The average molecular weight is 965 g/mol. The Kier molecular flexibility index (Phi) is 9.20. The van der Waals surface area contributed by atoms with Crippen molar-refractivity contribution in [2.75, 3.05) is 4.90 Å². The molecule has 0 saturated heterocycles. The van der Waals surface area contributed by atoms with Crippen molar-refractivity contribution in [3.05, 3.63) is 336 Å². The molecule has 0 saturated carbocycles. The SMILES string of the molecule is c1ccc(-c2ccccc2N(c2cccc(-c3cccc4c3-c3ccccc3C43c4ccccc4C4(c5ccccc5-c5ccccc54)c4ccccc43)c2)c2ccc3c4ccccc4n(-c4ccccc4)c3c2)cc1. The van der Waals surface area contributed by atoms with Crippen LogP contribution >= 0.6 is 0 Å². The Labute approximate surface area is 442 Å². The highest BCUT2D eigenvalue weighted by molar-refractivity contribution is 6.11. The first-order valence-corrected chi connectivity index (χ1v) is 26.5. The Morgan fingerprint density at radius 2 is 0.711 bits per heavy atom. The number of rotatable bonds is 6. The van der Waals surface area contributed by atoms with Crippen LogP contribution in [0.15, 0.2) is 291 Å². The van der Waals surface area contributed by atoms with Crippen LogP contribution in [0.4, 0.5) is 17.1 Å². The van der Waals surface area contributed by atoms with E-state index < -0.39 is 10.8 Å². The Bertz CT molecular complexity index is 4390. The molecule has 2 spiro atoms. The van der Waals surface area contributed by atoms with Crippen LogP contribution in [-0.2, 0) is 10.8 Å². The molecule has 16 rings (SSSR count). The van der Waals surface area contributed by atoms with Crippen LogP contribution in [0, 0.1) is 0 Å². The van der Waals surface area contributed by atoms with E-state index in [9.17, 15) is 0 Å². The van der Waals surface area contributed by atoms with Gasteiger partial charge in [-0.1, -0.05) is 243 Å².